The van der Waals surface area contributed by atoms with Gasteiger partial charge in [-0.2, -0.15) is 0 Å². The zero-order valence-corrected chi connectivity index (χ0v) is 51.8. The van der Waals surface area contributed by atoms with Crippen molar-refractivity contribution in [3.63, 3.8) is 0 Å². The molecule has 0 aliphatic rings. The predicted octanol–water partition coefficient (Wildman–Crippen LogP) is 22.7. The number of hydrogen-bond acceptors (Lipinski definition) is 6. The highest BCUT2D eigenvalue weighted by molar-refractivity contribution is 5.71. The Labute approximate surface area is 493 Å². The third-order valence-electron chi connectivity index (χ3n) is 13.6. The number of ether oxygens (including phenoxy) is 3. The fourth-order valence-corrected chi connectivity index (χ4v) is 8.69. The van der Waals surface area contributed by atoms with Crippen molar-refractivity contribution in [3.05, 3.63) is 146 Å². The first kappa shape index (κ1) is 75.3. The summed E-state index contributed by atoms with van der Waals surface area (Å²) in [4.78, 5) is 38.3. The van der Waals surface area contributed by atoms with E-state index < -0.39 is 6.10 Å². The van der Waals surface area contributed by atoms with Crippen LogP contribution in [0.4, 0.5) is 0 Å². The molecule has 0 fully saturated rings. The van der Waals surface area contributed by atoms with Gasteiger partial charge in [-0.15, -0.1) is 0 Å². The summed E-state index contributed by atoms with van der Waals surface area (Å²) in [6, 6.07) is 0. The monoisotopic (exact) mass is 1100 g/mol. The van der Waals surface area contributed by atoms with E-state index in [9.17, 15) is 14.4 Å². The number of hydrogen-bond donors (Lipinski definition) is 0. The van der Waals surface area contributed by atoms with Crippen molar-refractivity contribution in [2.24, 2.45) is 0 Å². The highest BCUT2D eigenvalue weighted by atomic mass is 16.6. The van der Waals surface area contributed by atoms with E-state index in [1.807, 2.05) is 0 Å². The van der Waals surface area contributed by atoms with Crippen LogP contribution in [0.1, 0.15) is 284 Å². The van der Waals surface area contributed by atoms with Crippen molar-refractivity contribution in [1.29, 1.82) is 0 Å². The summed E-state index contributed by atoms with van der Waals surface area (Å²) in [5.74, 6) is -0.928. The molecular weight excluding hydrogens is 985 g/mol. The number of unbranched alkanes of at least 4 members (excludes halogenated alkanes) is 23. The molecule has 80 heavy (non-hydrogen) atoms. The highest BCUT2D eigenvalue weighted by Gasteiger charge is 2.19. The molecular formula is C74H120O6. The summed E-state index contributed by atoms with van der Waals surface area (Å²) in [5.41, 5.74) is 0. The van der Waals surface area contributed by atoms with Gasteiger partial charge in [0.15, 0.2) is 6.10 Å². The molecule has 0 radical (unpaired) electrons. The molecule has 0 amide bonds. The second kappa shape index (κ2) is 66.8. The van der Waals surface area contributed by atoms with Gasteiger partial charge in [-0.3, -0.25) is 14.4 Å². The maximum atomic E-state index is 12.9. The maximum Gasteiger partial charge on any atom is 0.306 e. The van der Waals surface area contributed by atoms with E-state index in [2.05, 4.69) is 167 Å². The second-order valence-corrected chi connectivity index (χ2v) is 21.3. The lowest BCUT2D eigenvalue weighted by Crippen LogP contribution is -2.30. The Morgan fingerprint density at radius 3 is 0.762 bits per heavy atom. The number of allylic oxidation sites excluding steroid dienone is 24. The van der Waals surface area contributed by atoms with Crippen LogP contribution in [0.3, 0.4) is 0 Å². The Morgan fingerprint density at radius 1 is 0.263 bits per heavy atom. The van der Waals surface area contributed by atoms with E-state index in [4.69, 9.17) is 14.2 Å². The fraction of sp³-hybridized carbons (Fsp3) is 0.635. The van der Waals surface area contributed by atoms with Crippen molar-refractivity contribution in [2.75, 3.05) is 13.2 Å². The SMILES string of the molecule is CC/C=C\C/C=C\C/C=C\C/C=C\C/C=C\C/C=C\C/C=C\CCCCCCCCCCCCCC(=O)OCC(COC(=O)CCCCCCC/C=C\C/C=C\CCCC)OC(=O)CCCCCCC/C=C\C/C=C\C/C=C\CC. The maximum absolute atomic E-state index is 12.9. The molecule has 6 heteroatoms. The molecule has 0 N–H and O–H groups in total. The first-order valence-corrected chi connectivity index (χ1v) is 32.8. The van der Waals surface area contributed by atoms with Gasteiger partial charge in [0, 0.05) is 19.3 Å². The topological polar surface area (TPSA) is 78.9 Å². The second-order valence-electron chi connectivity index (χ2n) is 21.3. The number of esters is 3. The van der Waals surface area contributed by atoms with E-state index in [1.54, 1.807) is 0 Å². The molecule has 0 bridgehead atoms. The van der Waals surface area contributed by atoms with Crippen LogP contribution in [-0.4, -0.2) is 37.2 Å². The van der Waals surface area contributed by atoms with Crippen LogP contribution in [0.15, 0.2) is 146 Å². The van der Waals surface area contributed by atoms with Gasteiger partial charge >= 0.3 is 17.9 Å². The van der Waals surface area contributed by atoms with Gasteiger partial charge < -0.3 is 14.2 Å². The van der Waals surface area contributed by atoms with Gasteiger partial charge in [0.25, 0.3) is 0 Å². The van der Waals surface area contributed by atoms with E-state index in [1.165, 1.54) is 77.0 Å². The molecule has 0 saturated carbocycles. The van der Waals surface area contributed by atoms with Crippen molar-refractivity contribution < 1.29 is 28.6 Å². The van der Waals surface area contributed by atoms with Crippen LogP contribution < -0.4 is 0 Å². The summed E-state index contributed by atoms with van der Waals surface area (Å²) in [6.45, 7) is 6.35. The smallest absolute Gasteiger partial charge is 0.306 e. The Balaban J connectivity index is 4.27. The number of rotatable bonds is 58. The number of carbonyl (C=O) groups excluding carboxylic acids is 3. The summed E-state index contributed by atoms with van der Waals surface area (Å²) in [7, 11) is 0. The van der Waals surface area contributed by atoms with Gasteiger partial charge in [-0.25, -0.2) is 0 Å². The fourth-order valence-electron chi connectivity index (χ4n) is 8.69. The summed E-state index contributed by atoms with van der Waals surface area (Å²) < 4.78 is 16.9. The van der Waals surface area contributed by atoms with Gasteiger partial charge in [0.05, 0.1) is 0 Å². The van der Waals surface area contributed by atoms with Crippen molar-refractivity contribution in [3.8, 4) is 0 Å². The first-order valence-electron chi connectivity index (χ1n) is 32.8. The van der Waals surface area contributed by atoms with Gasteiger partial charge in [0.1, 0.15) is 13.2 Å². The summed E-state index contributed by atoms with van der Waals surface area (Å²) in [6.07, 6.45) is 95.7. The largest absolute Gasteiger partial charge is 0.462 e. The zero-order chi connectivity index (χ0) is 57.8. The van der Waals surface area contributed by atoms with Crippen LogP contribution in [0, 0.1) is 0 Å². The Kier molecular flexibility index (Phi) is 62.9. The lowest BCUT2D eigenvalue weighted by molar-refractivity contribution is -0.167. The van der Waals surface area contributed by atoms with Crippen LogP contribution in [0.25, 0.3) is 0 Å². The molecule has 0 spiro atoms. The average molecular weight is 1110 g/mol. The minimum absolute atomic E-state index is 0.0948. The molecule has 452 valence electrons. The van der Waals surface area contributed by atoms with Crippen LogP contribution in [-0.2, 0) is 28.6 Å². The molecule has 6 nitrogen and oxygen atoms in total. The molecule has 0 aromatic carbocycles. The van der Waals surface area contributed by atoms with E-state index in [0.717, 1.165) is 167 Å². The Bertz CT molecular complexity index is 1750. The number of carbonyl (C=O) groups is 3. The highest BCUT2D eigenvalue weighted by Crippen LogP contribution is 2.15. The Hall–Kier alpha value is -4.71. The molecule has 0 aliphatic heterocycles. The van der Waals surface area contributed by atoms with Gasteiger partial charge in [-0.05, 0) is 135 Å². The third-order valence-corrected chi connectivity index (χ3v) is 13.6. The molecule has 0 rings (SSSR count). The molecule has 1 unspecified atom stereocenters. The van der Waals surface area contributed by atoms with Gasteiger partial charge in [0.2, 0.25) is 0 Å². The molecule has 0 heterocycles. The first-order chi connectivity index (χ1) is 39.5. The molecule has 0 saturated heterocycles. The molecule has 1 atom stereocenters. The standard InChI is InChI=1S/C74H120O6/c1-4-7-10-13-16-19-22-25-28-29-30-31-32-33-34-35-36-37-38-39-40-41-42-43-44-45-47-49-52-55-58-61-64-67-73(76)79-70-71(69-78-72(75)66-63-60-57-54-51-48-27-24-21-18-15-12-9-6-3)80-74(77)68-65-62-59-56-53-50-46-26-23-20-17-14-11-8-5-2/h7-8,10-11,15-20,24-28,30-31,33-34,36-37,39-40,46,71H,4-6,9,12-14,21-23,29,32,35,38,41-45,47-70H2,1-3H3/b10-7-,11-8-,18-15-,19-16-,20-17-,27-24-,28-25-,31-30-,34-33-,37-36-,40-39-,46-26-. The Morgan fingerprint density at radius 2 is 0.487 bits per heavy atom. The van der Waals surface area contributed by atoms with Crippen molar-refractivity contribution >= 4 is 17.9 Å². The normalized spacial score (nSPS) is 13.1. The van der Waals surface area contributed by atoms with E-state index in [0.29, 0.717) is 19.3 Å². The zero-order valence-electron chi connectivity index (χ0n) is 51.8. The lowest BCUT2D eigenvalue weighted by Gasteiger charge is -2.18. The third kappa shape index (κ3) is 64.1. The molecule has 0 aliphatic carbocycles. The van der Waals surface area contributed by atoms with Crippen LogP contribution in [0.2, 0.25) is 0 Å². The molecule has 0 aromatic rings. The van der Waals surface area contributed by atoms with Crippen LogP contribution in [0.5, 0.6) is 0 Å². The minimum Gasteiger partial charge on any atom is -0.462 e. The predicted molar refractivity (Wildman–Crippen MR) is 348 cm³/mol. The van der Waals surface area contributed by atoms with Crippen molar-refractivity contribution in [2.45, 2.75) is 290 Å². The summed E-state index contributed by atoms with van der Waals surface area (Å²) in [5, 5.41) is 0. The van der Waals surface area contributed by atoms with Crippen molar-refractivity contribution in [1.82, 2.24) is 0 Å². The van der Waals surface area contributed by atoms with Crippen LogP contribution >= 0.6 is 0 Å². The van der Waals surface area contributed by atoms with Gasteiger partial charge in [-0.1, -0.05) is 276 Å². The van der Waals surface area contributed by atoms with E-state index in [-0.39, 0.29) is 31.1 Å². The molecule has 0 aromatic heterocycles. The minimum atomic E-state index is -0.800. The van der Waals surface area contributed by atoms with E-state index >= 15 is 0 Å². The average Bonchev–Trinajstić information content (AvgIpc) is 3.46. The summed E-state index contributed by atoms with van der Waals surface area (Å²) >= 11 is 0. The quantitative estimate of drug-likeness (QED) is 0.0261. The lowest BCUT2D eigenvalue weighted by atomic mass is 10.0.